The van der Waals surface area contributed by atoms with E-state index in [4.69, 9.17) is 9.84 Å². The number of rotatable bonds is 4. The minimum Gasteiger partial charge on any atom is -0.361 e. The minimum atomic E-state index is -0.0558. The fraction of sp³-hybridized carbons (Fsp3) is 0.517. The molecule has 4 aromatic rings. The first-order chi connectivity index (χ1) is 18.3. The van der Waals surface area contributed by atoms with Crippen LogP contribution in [0.2, 0.25) is 0 Å². The van der Waals surface area contributed by atoms with Gasteiger partial charge in [0.25, 0.3) is 5.56 Å². The highest BCUT2D eigenvalue weighted by molar-refractivity contribution is 5.81. The van der Waals surface area contributed by atoms with E-state index in [1.165, 1.54) is 5.56 Å². The molecule has 2 fully saturated rings. The zero-order chi connectivity index (χ0) is 26.6. The number of hydrogen-bond donors (Lipinski definition) is 0. The molecular formula is C29H37N7O2. The van der Waals surface area contributed by atoms with Crippen LogP contribution in [0.5, 0.6) is 0 Å². The summed E-state index contributed by atoms with van der Waals surface area (Å²) < 4.78 is 9.76. The van der Waals surface area contributed by atoms with Gasteiger partial charge in [-0.25, -0.2) is 4.68 Å². The number of benzene rings is 1. The van der Waals surface area contributed by atoms with Crippen molar-refractivity contribution >= 4 is 27.8 Å². The van der Waals surface area contributed by atoms with Gasteiger partial charge in [-0.2, -0.15) is 5.10 Å². The van der Waals surface area contributed by atoms with Gasteiger partial charge in [0.05, 0.1) is 22.2 Å². The summed E-state index contributed by atoms with van der Waals surface area (Å²) in [6, 6.07) is 9.00. The highest BCUT2D eigenvalue weighted by Gasteiger charge is 2.34. The Labute approximate surface area is 223 Å². The highest BCUT2D eigenvalue weighted by atomic mass is 16.5. The van der Waals surface area contributed by atoms with Gasteiger partial charge in [-0.3, -0.25) is 19.7 Å². The molecule has 200 valence electrons. The molecule has 5 heterocycles. The zero-order valence-corrected chi connectivity index (χ0v) is 23.0. The monoisotopic (exact) mass is 515 g/mol. The Morgan fingerprint density at radius 1 is 1.00 bits per heavy atom. The second-order valence-electron chi connectivity index (χ2n) is 11.0. The van der Waals surface area contributed by atoms with E-state index in [0.717, 1.165) is 72.4 Å². The molecule has 6 rings (SSSR count). The van der Waals surface area contributed by atoms with Crippen LogP contribution in [0.25, 0.3) is 22.1 Å². The molecule has 2 saturated heterocycles. The highest BCUT2D eigenvalue weighted by Crippen LogP contribution is 2.32. The number of fused-ring (bicyclic) bond motifs is 2. The van der Waals surface area contributed by atoms with E-state index in [1.807, 2.05) is 24.7 Å². The first-order valence-electron chi connectivity index (χ1n) is 13.8. The van der Waals surface area contributed by atoms with Crippen molar-refractivity contribution in [1.29, 1.82) is 0 Å². The van der Waals surface area contributed by atoms with Crippen molar-refractivity contribution in [3.63, 3.8) is 0 Å². The molecule has 0 amide bonds. The Kier molecular flexibility index (Phi) is 6.44. The number of hydrogen-bond acceptors (Lipinski definition) is 7. The van der Waals surface area contributed by atoms with Gasteiger partial charge < -0.3 is 14.2 Å². The minimum absolute atomic E-state index is 0.0263. The summed E-state index contributed by atoms with van der Waals surface area (Å²) in [4.78, 5) is 27.4. The van der Waals surface area contributed by atoms with E-state index in [9.17, 15) is 4.79 Å². The molecule has 0 saturated carbocycles. The summed E-state index contributed by atoms with van der Waals surface area (Å²) in [5.74, 6) is 0. The summed E-state index contributed by atoms with van der Waals surface area (Å²) >= 11 is 0. The van der Waals surface area contributed by atoms with Crippen LogP contribution in [0.1, 0.15) is 63.6 Å². The van der Waals surface area contributed by atoms with Crippen molar-refractivity contribution < 1.29 is 4.74 Å². The van der Waals surface area contributed by atoms with Crippen LogP contribution >= 0.6 is 0 Å². The number of piperazine rings is 1. The second kappa shape index (κ2) is 9.78. The van der Waals surface area contributed by atoms with Crippen LogP contribution in [0, 0.1) is 6.92 Å². The third-order valence-electron chi connectivity index (χ3n) is 8.52. The average molecular weight is 516 g/mol. The lowest BCUT2D eigenvalue weighted by molar-refractivity contribution is -0.0402. The number of anilines is 1. The number of aromatic nitrogens is 5. The van der Waals surface area contributed by atoms with E-state index < -0.39 is 0 Å². The van der Waals surface area contributed by atoms with Crippen molar-refractivity contribution in [2.75, 3.05) is 24.6 Å². The van der Waals surface area contributed by atoms with Crippen LogP contribution < -0.4 is 10.5 Å². The molecule has 9 nitrogen and oxygen atoms in total. The molecule has 0 N–H and O–H groups in total. The number of nitrogens with zero attached hydrogens (tertiary/aromatic N) is 7. The summed E-state index contributed by atoms with van der Waals surface area (Å²) in [6.45, 7) is 11.1. The zero-order valence-electron chi connectivity index (χ0n) is 23.0. The predicted molar refractivity (Wildman–Crippen MR) is 149 cm³/mol. The van der Waals surface area contributed by atoms with Crippen molar-refractivity contribution in [3.8, 4) is 0 Å². The molecule has 0 bridgehead atoms. The predicted octanol–water partition coefficient (Wildman–Crippen LogP) is 4.35. The maximum absolute atomic E-state index is 13.7. The van der Waals surface area contributed by atoms with Crippen molar-refractivity contribution in [2.24, 2.45) is 7.05 Å². The summed E-state index contributed by atoms with van der Waals surface area (Å²) in [7, 11) is 1.87. The number of pyridine rings is 1. The lowest BCUT2D eigenvalue weighted by Gasteiger charge is -2.47. The van der Waals surface area contributed by atoms with E-state index >= 15 is 0 Å². The van der Waals surface area contributed by atoms with Crippen LogP contribution in [-0.4, -0.2) is 61.0 Å². The smallest absolute Gasteiger partial charge is 0.274 e. The molecule has 9 heteroatoms. The summed E-state index contributed by atoms with van der Waals surface area (Å²) in [5.41, 5.74) is 6.53. The topological polar surface area (TPSA) is 81.3 Å². The number of ether oxygens (including phenoxy) is 1. The van der Waals surface area contributed by atoms with Gasteiger partial charge in [-0.1, -0.05) is 6.07 Å². The second-order valence-corrected chi connectivity index (χ2v) is 11.0. The summed E-state index contributed by atoms with van der Waals surface area (Å²) in [5, 5.41) is 4.93. The Morgan fingerprint density at radius 3 is 2.55 bits per heavy atom. The molecule has 0 aliphatic carbocycles. The number of aryl methyl sites for hydroxylation is 2. The van der Waals surface area contributed by atoms with Gasteiger partial charge in [0.15, 0.2) is 6.23 Å². The van der Waals surface area contributed by atoms with E-state index in [1.54, 1.807) is 17.0 Å². The lowest BCUT2D eigenvalue weighted by atomic mass is 10.00. The third kappa shape index (κ3) is 4.18. The maximum Gasteiger partial charge on any atom is 0.274 e. The van der Waals surface area contributed by atoms with Crippen LogP contribution in [-0.2, 0) is 11.8 Å². The van der Waals surface area contributed by atoms with Crippen LogP contribution in [0.4, 0.5) is 5.69 Å². The van der Waals surface area contributed by atoms with Crippen molar-refractivity contribution in [3.05, 3.63) is 58.3 Å². The molecule has 4 atom stereocenters. The maximum atomic E-state index is 13.7. The Hall–Kier alpha value is -3.30. The standard InChI is InChI=1S/C29H37N7O2/c1-18-17-35(19(2)16-34(18)20(3)22-9-10-23-24(14-22)31-12-11-30-23)26-15-25-28(33(5)29(26)37)21(4)36(32-25)27-8-6-7-13-38-27/h9-12,14-15,18-20,27H,6-8,13,16-17H2,1-5H3/t18-,19+,20?,27?/m1/s1. The Balaban J connectivity index is 1.29. The molecule has 1 aromatic carbocycles. The Bertz CT molecular complexity index is 1540. The molecule has 2 aliphatic heterocycles. The normalized spacial score (nSPS) is 23.8. The molecule has 38 heavy (non-hydrogen) atoms. The van der Waals surface area contributed by atoms with E-state index in [2.05, 4.69) is 58.7 Å². The van der Waals surface area contributed by atoms with Crippen LogP contribution in [0.15, 0.2) is 41.5 Å². The molecular weight excluding hydrogens is 478 g/mol. The largest absolute Gasteiger partial charge is 0.361 e. The van der Waals surface area contributed by atoms with Gasteiger partial charge in [0.1, 0.15) is 11.2 Å². The fourth-order valence-corrected chi connectivity index (χ4v) is 6.37. The quantitative estimate of drug-likeness (QED) is 0.400. The SMILES string of the molecule is Cc1c2c(cc(N3C[C@@H](C)N(C(C)c4ccc5nccnc5c4)C[C@@H]3C)c(=O)n2C)nn1C1CCCCO1. The lowest BCUT2D eigenvalue weighted by Crippen LogP contribution is -2.58. The Morgan fingerprint density at radius 2 is 1.79 bits per heavy atom. The van der Waals surface area contributed by atoms with Gasteiger partial charge in [-0.15, -0.1) is 0 Å². The third-order valence-corrected chi connectivity index (χ3v) is 8.52. The van der Waals surface area contributed by atoms with Gasteiger partial charge in [0, 0.05) is 57.3 Å². The van der Waals surface area contributed by atoms with E-state index in [0.29, 0.717) is 0 Å². The van der Waals surface area contributed by atoms with Gasteiger partial charge in [-0.05, 0) is 70.7 Å². The average Bonchev–Trinajstić information content (AvgIpc) is 3.27. The fourth-order valence-electron chi connectivity index (χ4n) is 6.37. The van der Waals surface area contributed by atoms with Gasteiger partial charge in [0.2, 0.25) is 0 Å². The van der Waals surface area contributed by atoms with E-state index in [-0.39, 0.29) is 29.9 Å². The molecule has 0 radical (unpaired) electrons. The molecule has 3 aromatic heterocycles. The first kappa shape index (κ1) is 25.0. The van der Waals surface area contributed by atoms with Gasteiger partial charge >= 0.3 is 0 Å². The molecule has 2 aliphatic rings. The molecule has 0 spiro atoms. The van der Waals surface area contributed by atoms with Crippen molar-refractivity contribution in [1.82, 2.24) is 29.2 Å². The van der Waals surface area contributed by atoms with Crippen LogP contribution in [0.3, 0.4) is 0 Å². The molecule has 2 unspecified atom stereocenters. The first-order valence-corrected chi connectivity index (χ1v) is 13.8. The summed E-state index contributed by atoms with van der Waals surface area (Å²) in [6.07, 6.45) is 6.59. The van der Waals surface area contributed by atoms with Crippen molar-refractivity contribution in [2.45, 2.75) is 71.3 Å².